The van der Waals surface area contributed by atoms with Crippen LogP contribution in [0.4, 0.5) is 0 Å². The molecule has 0 aliphatic carbocycles. The minimum absolute atomic E-state index is 0.142. The summed E-state index contributed by atoms with van der Waals surface area (Å²) in [5.41, 5.74) is 0. The first-order valence-electron chi connectivity index (χ1n) is 6.28. The van der Waals surface area contributed by atoms with Crippen molar-refractivity contribution < 1.29 is 9.84 Å². The first-order chi connectivity index (χ1) is 7.63. The molecule has 0 spiro atoms. The van der Waals surface area contributed by atoms with Crippen molar-refractivity contribution in [2.24, 2.45) is 0 Å². The fourth-order valence-electron chi connectivity index (χ4n) is 2.36. The molecule has 1 rings (SSSR count). The lowest BCUT2D eigenvalue weighted by molar-refractivity contribution is 0.122. The van der Waals surface area contributed by atoms with Gasteiger partial charge >= 0.3 is 0 Å². The molecule has 0 radical (unpaired) electrons. The number of hydrogen-bond acceptors (Lipinski definition) is 4. The summed E-state index contributed by atoms with van der Waals surface area (Å²) in [4.78, 5) is 4.59. The third-order valence-electron chi connectivity index (χ3n) is 3.02. The van der Waals surface area contributed by atoms with Crippen LogP contribution >= 0.6 is 0 Å². The molecule has 1 aliphatic heterocycles. The van der Waals surface area contributed by atoms with Crippen LogP contribution in [0.2, 0.25) is 0 Å². The summed E-state index contributed by atoms with van der Waals surface area (Å²) >= 11 is 0. The Morgan fingerprint density at radius 2 is 2.19 bits per heavy atom. The van der Waals surface area contributed by atoms with Gasteiger partial charge in [-0.1, -0.05) is 0 Å². The lowest BCUT2D eigenvalue weighted by Crippen LogP contribution is -2.38. The number of ether oxygens (including phenoxy) is 1. The van der Waals surface area contributed by atoms with Crippen molar-refractivity contribution in [3.8, 4) is 0 Å². The second-order valence-electron chi connectivity index (χ2n) is 4.85. The lowest BCUT2D eigenvalue weighted by Gasteiger charge is -2.26. The zero-order chi connectivity index (χ0) is 12.0. The third-order valence-corrected chi connectivity index (χ3v) is 3.02. The van der Waals surface area contributed by atoms with E-state index in [1.807, 2.05) is 6.92 Å². The highest BCUT2D eigenvalue weighted by Crippen LogP contribution is 2.18. The number of rotatable bonds is 7. The number of likely N-dealkylation sites (tertiary alicyclic amines) is 1. The number of hydrogen-bond donors (Lipinski definition) is 1. The predicted octanol–water partition coefficient (Wildman–Crippen LogP) is 0.410. The molecular formula is C12H26N2O2. The average molecular weight is 230 g/mol. The summed E-state index contributed by atoms with van der Waals surface area (Å²) in [6.07, 6.45) is 1.83. The van der Waals surface area contributed by atoms with E-state index in [1.165, 1.54) is 0 Å². The Morgan fingerprint density at radius 3 is 2.81 bits per heavy atom. The molecule has 0 aromatic rings. The van der Waals surface area contributed by atoms with Crippen LogP contribution in [-0.4, -0.2) is 74.0 Å². The smallest absolute Gasteiger partial charge is 0.0682 e. The first kappa shape index (κ1) is 13.9. The number of β-amino-alcohol motifs (C(OH)–C–C–N with tert-alkyl or cyclic N) is 1. The zero-order valence-electron chi connectivity index (χ0n) is 10.9. The summed E-state index contributed by atoms with van der Waals surface area (Å²) in [5, 5.41) is 9.69. The summed E-state index contributed by atoms with van der Waals surface area (Å²) in [6, 6.07) is 0.506. The van der Waals surface area contributed by atoms with Gasteiger partial charge in [0.2, 0.25) is 0 Å². The van der Waals surface area contributed by atoms with Crippen LogP contribution in [0.25, 0.3) is 0 Å². The van der Waals surface area contributed by atoms with Gasteiger partial charge in [0.1, 0.15) is 0 Å². The lowest BCUT2D eigenvalue weighted by atomic mass is 10.2. The molecule has 2 atom stereocenters. The van der Waals surface area contributed by atoms with Crippen LogP contribution in [0, 0.1) is 0 Å². The van der Waals surface area contributed by atoms with E-state index in [0.29, 0.717) is 6.04 Å². The van der Waals surface area contributed by atoms with Crippen molar-refractivity contribution in [1.82, 2.24) is 9.80 Å². The van der Waals surface area contributed by atoms with Crippen molar-refractivity contribution in [3.05, 3.63) is 0 Å². The Labute approximate surface area is 99.2 Å². The molecule has 4 heteroatoms. The number of nitrogens with zero attached hydrogens (tertiary/aromatic N) is 2. The van der Waals surface area contributed by atoms with Crippen LogP contribution < -0.4 is 0 Å². The summed E-state index contributed by atoms with van der Waals surface area (Å²) < 4.78 is 5.34. The highest BCUT2D eigenvalue weighted by atomic mass is 16.5. The Bertz CT molecular complexity index is 188. The maximum atomic E-state index is 9.69. The summed E-state index contributed by atoms with van der Waals surface area (Å²) in [5.74, 6) is 0. The minimum Gasteiger partial charge on any atom is -0.392 e. The SMILES string of the molecule is CCOCCCN1CC(O)CC1CN(C)C. The van der Waals surface area contributed by atoms with Gasteiger partial charge in [0, 0.05) is 38.9 Å². The molecule has 1 heterocycles. The van der Waals surface area contributed by atoms with Crippen LogP contribution in [0.3, 0.4) is 0 Å². The molecule has 1 saturated heterocycles. The molecule has 1 N–H and O–H groups in total. The van der Waals surface area contributed by atoms with Gasteiger partial charge in [0.15, 0.2) is 0 Å². The third kappa shape index (κ3) is 4.78. The molecule has 0 amide bonds. The topological polar surface area (TPSA) is 35.9 Å². The van der Waals surface area contributed by atoms with E-state index in [2.05, 4.69) is 23.9 Å². The maximum Gasteiger partial charge on any atom is 0.0682 e. The minimum atomic E-state index is -0.142. The van der Waals surface area contributed by atoms with Gasteiger partial charge in [0.25, 0.3) is 0 Å². The number of likely N-dealkylation sites (N-methyl/N-ethyl adjacent to an activating group) is 1. The average Bonchev–Trinajstić information content (AvgIpc) is 2.53. The molecule has 16 heavy (non-hydrogen) atoms. The van der Waals surface area contributed by atoms with Crippen molar-refractivity contribution >= 4 is 0 Å². The Balaban J connectivity index is 2.26. The van der Waals surface area contributed by atoms with E-state index < -0.39 is 0 Å². The van der Waals surface area contributed by atoms with Gasteiger partial charge in [-0.2, -0.15) is 0 Å². The van der Waals surface area contributed by atoms with Crippen molar-refractivity contribution in [1.29, 1.82) is 0 Å². The van der Waals surface area contributed by atoms with E-state index in [9.17, 15) is 5.11 Å². The van der Waals surface area contributed by atoms with Crippen LogP contribution in [0.15, 0.2) is 0 Å². The first-order valence-corrected chi connectivity index (χ1v) is 6.28. The molecular weight excluding hydrogens is 204 g/mol. The second-order valence-corrected chi connectivity index (χ2v) is 4.85. The van der Waals surface area contributed by atoms with Crippen LogP contribution in [-0.2, 0) is 4.74 Å². The van der Waals surface area contributed by atoms with E-state index >= 15 is 0 Å². The van der Waals surface area contributed by atoms with Crippen LogP contribution in [0.5, 0.6) is 0 Å². The van der Waals surface area contributed by atoms with Crippen molar-refractivity contribution in [3.63, 3.8) is 0 Å². The highest BCUT2D eigenvalue weighted by Gasteiger charge is 2.30. The van der Waals surface area contributed by atoms with Gasteiger partial charge in [0.05, 0.1) is 6.10 Å². The fourth-order valence-corrected chi connectivity index (χ4v) is 2.36. The Kier molecular flexibility index (Phi) is 6.28. The number of aliphatic hydroxyl groups excluding tert-OH is 1. The fraction of sp³-hybridized carbons (Fsp3) is 1.00. The molecule has 0 bridgehead atoms. The Hall–Kier alpha value is -0.160. The summed E-state index contributed by atoms with van der Waals surface area (Å²) in [7, 11) is 4.17. The number of aliphatic hydroxyl groups is 1. The van der Waals surface area contributed by atoms with Gasteiger partial charge in [-0.15, -0.1) is 0 Å². The summed E-state index contributed by atoms with van der Waals surface area (Å²) in [6.45, 7) is 6.54. The molecule has 0 saturated carbocycles. The van der Waals surface area contributed by atoms with E-state index in [0.717, 1.165) is 45.7 Å². The molecule has 1 aliphatic rings. The predicted molar refractivity (Wildman–Crippen MR) is 65.6 cm³/mol. The van der Waals surface area contributed by atoms with E-state index in [4.69, 9.17) is 4.74 Å². The van der Waals surface area contributed by atoms with Gasteiger partial charge < -0.3 is 14.7 Å². The molecule has 96 valence electrons. The normalized spacial score (nSPS) is 26.8. The standard InChI is InChI=1S/C12H26N2O2/c1-4-16-7-5-6-14-10-12(15)8-11(14)9-13(2)3/h11-12,15H,4-10H2,1-3H3. The molecule has 2 unspecified atom stereocenters. The highest BCUT2D eigenvalue weighted by molar-refractivity contribution is 4.86. The van der Waals surface area contributed by atoms with Gasteiger partial charge in [-0.05, 0) is 33.9 Å². The molecule has 4 nitrogen and oxygen atoms in total. The van der Waals surface area contributed by atoms with Crippen molar-refractivity contribution in [2.75, 3.05) is 46.9 Å². The van der Waals surface area contributed by atoms with E-state index in [-0.39, 0.29) is 6.10 Å². The zero-order valence-corrected chi connectivity index (χ0v) is 10.9. The molecule has 0 aromatic carbocycles. The van der Waals surface area contributed by atoms with Gasteiger partial charge in [-0.3, -0.25) is 4.90 Å². The quantitative estimate of drug-likeness (QED) is 0.643. The largest absolute Gasteiger partial charge is 0.392 e. The maximum absolute atomic E-state index is 9.69. The molecule has 0 aromatic heterocycles. The second kappa shape index (κ2) is 7.22. The van der Waals surface area contributed by atoms with Gasteiger partial charge in [-0.25, -0.2) is 0 Å². The van der Waals surface area contributed by atoms with Crippen LogP contribution in [0.1, 0.15) is 19.8 Å². The van der Waals surface area contributed by atoms with Crippen molar-refractivity contribution in [2.45, 2.75) is 31.9 Å². The molecule has 1 fully saturated rings. The Morgan fingerprint density at radius 1 is 1.44 bits per heavy atom. The monoisotopic (exact) mass is 230 g/mol. The van der Waals surface area contributed by atoms with E-state index in [1.54, 1.807) is 0 Å².